The van der Waals surface area contributed by atoms with E-state index in [1.165, 1.54) is 0 Å². The minimum atomic E-state index is -0.0517. The summed E-state index contributed by atoms with van der Waals surface area (Å²) in [5, 5.41) is 7.39. The Morgan fingerprint density at radius 2 is 1.96 bits per heavy atom. The molecule has 0 radical (unpaired) electrons. The zero-order chi connectivity index (χ0) is 20.1. The van der Waals surface area contributed by atoms with Crippen LogP contribution >= 0.6 is 0 Å². The molecular weight excluding hydrogens is 356 g/mol. The van der Waals surface area contributed by atoms with Crippen molar-refractivity contribution in [2.24, 2.45) is 0 Å². The minimum absolute atomic E-state index is 0.0485. The minimum Gasteiger partial charge on any atom is -0.497 e. The Labute approximate surface area is 164 Å². The van der Waals surface area contributed by atoms with Gasteiger partial charge in [0.05, 0.1) is 18.9 Å². The van der Waals surface area contributed by atoms with Crippen molar-refractivity contribution in [3.63, 3.8) is 0 Å². The fourth-order valence-electron chi connectivity index (χ4n) is 2.65. The van der Waals surface area contributed by atoms with Crippen molar-refractivity contribution in [1.29, 1.82) is 0 Å². The molecular formula is C21H24N4O3. The molecule has 3 rings (SSSR count). The Morgan fingerprint density at radius 1 is 1.18 bits per heavy atom. The van der Waals surface area contributed by atoms with Gasteiger partial charge in [0.2, 0.25) is 5.91 Å². The van der Waals surface area contributed by atoms with Crippen LogP contribution in [0.5, 0.6) is 11.8 Å². The molecule has 0 aliphatic rings. The average molecular weight is 380 g/mol. The van der Waals surface area contributed by atoms with Crippen LogP contribution in [0, 0.1) is 0 Å². The molecule has 7 nitrogen and oxygen atoms in total. The van der Waals surface area contributed by atoms with Gasteiger partial charge in [-0.25, -0.2) is 4.68 Å². The number of rotatable bonds is 7. The molecule has 1 amide bonds. The molecule has 0 bridgehead atoms. The number of amides is 1. The van der Waals surface area contributed by atoms with Crippen LogP contribution in [0.4, 0.5) is 5.69 Å². The predicted octanol–water partition coefficient (Wildman–Crippen LogP) is 4.08. The quantitative estimate of drug-likeness (QED) is 0.668. The van der Waals surface area contributed by atoms with Crippen molar-refractivity contribution >= 4 is 11.6 Å². The number of aromatic nitrogens is 3. The maximum absolute atomic E-state index is 11.7. The topological polar surface area (TPSA) is 78.3 Å². The molecule has 0 saturated heterocycles. The van der Waals surface area contributed by atoms with Crippen molar-refractivity contribution in [3.8, 4) is 28.8 Å². The van der Waals surface area contributed by atoms with Gasteiger partial charge >= 0.3 is 6.01 Å². The zero-order valence-electron chi connectivity index (χ0n) is 16.5. The summed E-state index contributed by atoms with van der Waals surface area (Å²) in [6.07, 6.45) is 0.360. The molecule has 28 heavy (non-hydrogen) atoms. The van der Waals surface area contributed by atoms with E-state index >= 15 is 0 Å². The van der Waals surface area contributed by atoms with Gasteiger partial charge in [-0.3, -0.25) is 4.79 Å². The number of hydrogen-bond donors (Lipinski definition) is 1. The monoisotopic (exact) mass is 380 g/mol. The molecule has 3 aromatic rings. The molecule has 146 valence electrons. The molecule has 0 spiro atoms. The summed E-state index contributed by atoms with van der Waals surface area (Å²) in [5.41, 5.74) is 2.30. The fourth-order valence-corrected chi connectivity index (χ4v) is 2.65. The van der Waals surface area contributed by atoms with E-state index in [2.05, 4.69) is 15.4 Å². The summed E-state index contributed by atoms with van der Waals surface area (Å²) in [6.45, 7) is 5.66. The van der Waals surface area contributed by atoms with Crippen molar-refractivity contribution in [2.45, 2.75) is 33.3 Å². The highest BCUT2D eigenvalue weighted by Crippen LogP contribution is 2.27. The standard InChI is InChI=1S/C21H24N4O3/c1-5-19(26)22-16-9-7-10-17(13-16)25-20(23-21(24-25)28-14(2)3)15-8-6-11-18(12-15)27-4/h6-14H,5H2,1-4H3,(H,22,26). The molecule has 0 aliphatic heterocycles. The Hall–Kier alpha value is -3.35. The second kappa shape index (κ2) is 8.56. The molecule has 0 atom stereocenters. The van der Waals surface area contributed by atoms with Gasteiger partial charge in [-0.2, -0.15) is 4.98 Å². The third-order valence-electron chi connectivity index (χ3n) is 3.95. The molecule has 1 aromatic heterocycles. The number of ether oxygens (including phenoxy) is 2. The van der Waals surface area contributed by atoms with Crippen molar-refractivity contribution in [3.05, 3.63) is 48.5 Å². The highest BCUT2D eigenvalue weighted by molar-refractivity contribution is 5.90. The molecule has 7 heteroatoms. The Morgan fingerprint density at radius 3 is 2.68 bits per heavy atom. The van der Waals surface area contributed by atoms with Gasteiger partial charge in [0.1, 0.15) is 5.75 Å². The van der Waals surface area contributed by atoms with E-state index < -0.39 is 0 Å². The predicted molar refractivity (Wildman–Crippen MR) is 108 cm³/mol. The molecule has 0 saturated carbocycles. The lowest BCUT2D eigenvalue weighted by atomic mass is 10.2. The van der Waals surface area contributed by atoms with Crippen LogP contribution in [-0.4, -0.2) is 33.9 Å². The molecule has 0 fully saturated rings. The van der Waals surface area contributed by atoms with E-state index in [1.807, 2.05) is 69.3 Å². The smallest absolute Gasteiger partial charge is 0.336 e. The van der Waals surface area contributed by atoms with Crippen LogP contribution in [0.3, 0.4) is 0 Å². The summed E-state index contributed by atoms with van der Waals surface area (Å²) < 4.78 is 12.7. The number of hydrogen-bond acceptors (Lipinski definition) is 5. The molecule has 1 heterocycles. The average Bonchev–Trinajstić information content (AvgIpc) is 3.11. The number of carbonyl (C=O) groups is 1. The van der Waals surface area contributed by atoms with Crippen LogP contribution in [0.1, 0.15) is 27.2 Å². The van der Waals surface area contributed by atoms with Gasteiger partial charge in [0.25, 0.3) is 0 Å². The fraction of sp³-hybridized carbons (Fsp3) is 0.286. The Balaban J connectivity index is 2.07. The highest BCUT2D eigenvalue weighted by atomic mass is 16.5. The van der Waals surface area contributed by atoms with E-state index in [-0.39, 0.29) is 18.0 Å². The highest BCUT2D eigenvalue weighted by Gasteiger charge is 2.16. The third kappa shape index (κ3) is 4.49. The number of nitrogens with one attached hydrogen (secondary N) is 1. The van der Waals surface area contributed by atoms with Gasteiger partial charge in [0.15, 0.2) is 5.82 Å². The lowest BCUT2D eigenvalue weighted by Gasteiger charge is -2.09. The van der Waals surface area contributed by atoms with Gasteiger partial charge < -0.3 is 14.8 Å². The maximum Gasteiger partial charge on any atom is 0.336 e. The number of methoxy groups -OCH3 is 1. The number of carbonyl (C=O) groups excluding carboxylic acids is 1. The summed E-state index contributed by atoms with van der Waals surface area (Å²) in [7, 11) is 1.62. The molecule has 0 aliphatic carbocycles. The van der Waals surface area contributed by atoms with Gasteiger partial charge in [-0.05, 0) is 44.2 Å². The van der Waals surface area contributed by atoms with Crippen molar-refractivity contribution in [1.82, 2.24) is 14.8 Å². The normalized spacial score (nSPS) is 10.8. The van der Waals surface area contributed by atoms with Crippen molar-refractivity contribution < 1.29 is 14.3 Å². The van der Waals surface area contributed by atoms with Crippen LogP contribution in [-0.2, 0) is 4.79 Å². The molecule has 2 aromatic carbocycles. The summed E-state index contributed by atoms with van der Waals surface area (Å²) in [6, 6.07) is 15.3. The van der Waals surface area contributed by atoms with Crippen LogP contribution in [0.2, 0.25) is 0 Å². The summed E-state index contributed by atoms with van der Waals surface area (Å²) in [4.78, 5) is 16.3. The Bertz CT molecular complexity index is 966. The summed E-state index contributed by atoms with van der Waals surface area (Å²) >= 11 is 0. The lowest BCUT2D eigenvalue weighted by Crippen LogP contribution is -2.10. The van der Waals surface area contributed by atoms with Gasteiger partial charge in [-0.15, -0.1) is 5.10 Å². The van der Waals surface area contributed by atoms with E-state index in [1.54, 1.807) is 11.8 Å². The van der Waals surface area contributed by atoms with Crippen LogP contribution in [0.15, 0.2) is 48.5 Å². The molecule has 0 unspecified atom stereocenters. The first kappa shape index (κ1) is 19.4. The van der Waals surface area contributed by atoms with Crippen LogP contribution < -0.4 is 14.8 Å². The van der Waals surface area contributed by atoms with Crippen molar-refractivity contribution in [2.75, 3.05) is 12.4 Å². The SMILES string of the molecule is CCC(=O)Nc1cccc(-n2nc(OC(C)C)nc2-c2cccc(OC)c2)c1. The van der Waals surface area contributed by atoms with Gasteiger partial charge in [-0.1, -0.05) is 25.1 Å². The lowest BCUT2D eigenvalue weighted by molar-refractivity contribution is -0.115. The Kier molecular flexibility index (Phi) is 5.93. The third-order valence-corrected chi connectivity index (χ3v) is 3.95. The van der Waals surface area contributed by atoms with Gasteiger partial charge in [0, 0.05) is 17.7 Å². The van der Waals surface area contributed by atoms with E-state index in [4.69, 9.17) is 9.47 Å². The van der Waals surface area contributed by atoms with Crippen LogP contribution in [0.25, 0.3) is 17.1 Å². The first-order chi connectivity index (χ1) is 13.5. The molecule has 1 N–H and O–H groups in total. The number of nitrogens with zero attached hydrogens (tertiary/aromatic N) is 3. The summed E-state index contributed by atoms with van der Waals surface area (Å²) in [5.74, 6) is 1.29. The van der Waals surface area contributed by atoms with E-state index in [0.29, 0.717) is 17.9 Å². The zero-order valence-corrected chi connectivity index (χ0v) is 16.5. The second-order valence-electron chi connectivity index (χ2n) is 6.48. The number of anilines is 1. The number of benzene rings is 2. The maximum atomic E-state index is 11.7. The first-order valence-corrected chi connectivity index (χ1v) is 9.18. The van der Waals surface area contributed by atoms with E-state index in [0.717, 1.165) is 17.0 Å². The second-order valence-corrected chi connectivity index (χ2v) is 6.48. The largest absolute Gasteiger partial charge is 0.497 e. The first-order valence-electron chi connectivity index (χ1n) is 9.18. The van der Waals surface area contributed by atoms with E-state index in [9.17, 15) is 4.79 Å².